The van der Waals surface area contributed by atoms with Crippen molar-refractivity contribution in [1.82, 2.24) is 5.43 Å². The van der Waals surface area contributed by atoms with Gasteiger partial charge in [0, 0.05) is 0 Å². The van der Waals surface area contributed by atoms with Gasteiger partial charge in [-0.2, -0.15) is 10.4 Å². The predicted octanol–water partition coefficient (Wildman–Crippen LogP) is 3.38. The number of ether oxygens (including phenoxy) is 1. The quantitative estimate of drug-likeness (QED) is 0.373. The number of carbonyl (C=O) groups excluding carboxylic acids is 1. The van der Waals surface area contributed by atoms with Crippen molar-refractivity contribution in [2.45, 2.75) is 11.8 Å². The zero-order valence-electron chi connectivity index (χ0n) is 18.2. The maximum atomic E-state index is 13.4. The SMILES string of the molecule is Cc1ccc(S(=O)(=O)N(CC(=O)N/N=C/c2ccc(OCC#N)cc2)c2ccc(F)cc2)cc1. The lowest BCUT2D eigenvalue weighted by Crippen LogP contribution is -2.39. The van der Waals surface area contributed by atoms with E-state index in [1.807, 2.05) is 13.0 Å². The van der Waals surface area contributed by atoms with Gasteiger partial charge < -0.3 is 4.74 Å². The number of hydrazone groups is 1. The molecule has 10 heteroatoms. The van der Waals surface area contributed by atoms with Gasteiger partial charge in [0.05, 0.1) is 16.8 Å². The van der Waals surface area contributed by atoms with Crippen LogP contribution in [0.5, 0.6) is 5.75 Å². The van der Waals surface area contributed by atoms with Crippen LogP contribution < -0.4 is 14.5 Å². The number of halogens is 1. The number of nitrogens with zero attached hydrogens (tertiary/aromatic N) is 3. The summed E-state index contributed by atoms with van der Waals surface area (Å²) >= 11 is 0. The van der Waals surface area contributed by atoms with Crippen molar-refractivity contribution in [3.8, 4) is 11.8 Å². The lowest BCUT2D eigenvalue weighted by Gasteiger charge is -2.23. The van der Waals surface area contributed by atoms with Gasteiger partial charge in [0.2, 0.25) is 0 Å². The van der Waals surface area contributed by atoms with Crippen LogP contribution in [0, 0.1) is 24.1 Å². The second kappa shape index (κ2) is 11.1. The van der Waals surface area contributed by atoms with Gasteiger partial charge in [-0.1, -0.05) is 17.7 Å². The van der Waals surface area contributed by atoms with Crippen LogP contribution in [0.1, 0.15) is 11.1 Å². The second-order valence-corrected chi connectivity index (χ2v) is 8.97. The van der Waals surface area contributed by atoms with E-state index in [4.69, 9.17) is 10.00 Å². The molecule has 0 saturated heterocycles. The molecule has 3 aromatic rings. The average molecular weight is 481 g/mol. The number of rotatable bonds is 9. The van der Waals surface area contributed by atoms with Crippen molar-refractivity contribution >= 4 is 27.8 Å². The summed E-state index contributed by atoms with van der Waals surface area (Å²) < 4.78 is 46.0. The molecule has 0 atom stereocenters. The van der Waals surface area contributed by atoms with E-state index in [1.165, 1.54) is 30.5 Å². The van der Waals surface area contributed by atoms with Crippen molar-refractivity contribution in [3.05, 3.63) is 89.7 Å². The number of carbonyl (C=O) groups is 1. The Balaban J connectivity index is 1.75. The smallest absolute Gasteiger partial charge is 0.264 e. The summed E-state index contributed by atoms with van der Waals surface area (Å²) in [5.41, 5.74) is 3.96. The molecule has 3 rings (SSSR count). The highest BCUT2D eigenvalue weighted by atomic mass is 32.2. The molecule has 1 amide bonds. The second-order valence-electron chi connectivity index (χ2n) is 7.11. The van der Waals surface area contributed by atoms with Crippen LogP contribution in [0.3, 0.4) is 0 Å². The van der Waals surface area contributed by atoms with E-state index in [2.05, 4.69) is 10.5 Å². The van der Waals surface area contributed by atoms with Crippen LogP contribution in [0.25, 0.3) is 0 Å². The van der Waals surface area contributed by atoms with Gasteiger partial charge in [-0.15, -0.1) is 0 Å². The van der Waals surface area contributed by atoms with Crippen molar-refractivity contribution in [3.63, 3.8) is 0 Å². The van der Waals surface area contributed by atoms with Gasteiger partial charge in [0.1, 0.15) is 24.2 Å². The maximum Gasteiger partial charge on any atom is 0.264 e. The third-order valence-electron chi connectivity index (χ3n) is 4.60. The van der Waals surface area contributed by atoms with Crippen LogP contribution in [0.15, 0.2) is 82.8 Å². The molecule has 0 spiro atoms. The Morgan fingerprint density at radius 1 is 1.09 bits per heavy atom. The van der Waals surface area contributed by atoms with Crippen LogP contribution in [-0.4, -0.2) is 33.7 Å². The van der Waals surface area contributed by atoms with E-state index >= 15 is 0 Å². The first-order valence-corrected chi connectivity index (χ1v) is 11.5. The zero-order chi connectivity index (χ0) is 24.6. The van der Waals surface area contributed by atoms with E-state index in [0.29, 0.717) is 11.3 Å². The molecule has 1 N–H and O–H groups in total. The fourth-order valence-corrected chi connectivity index (χ4v) is 4.29. The number of nitrogens with one attached hydrogen (secondary N) is 1. The van der Waals surface area contributed by atoms with Gasteiger partial charge in [-0.3, -0.25) is 9.10 Å². The number of hydrogen-bond donors (Lipinski definition) is 1. The lowest BCUT2D eigenvalue weighted by molar-refractivity contribution is -0.119. The topological polar surface area (TPSA) is 112 Å². The van der Waals surface area contributed by atoms with Crippen LogP contribution in [0.2, 0.25) is 0 Å². The monoisotopic (exact) mass is 480 g/mol. The summed E-state index contributed by atoms with van der Waals surface area (Å²) in [6.45, 7) is 1.19. The molecular formula is C24H21FN4O4S. The van der Waals surface area contributed by atoms with Crippen LogP contribution in [0.4, 0.5) is 10.1 Å². The Kier molecular flexibility index (Phi) is 7.95. The first-order chi connectivity index (χ1) is 16.3. The van der Waals surface area contributed by atoms with Gasteiger partial charge in [0.25, 0.3) is 15.9 Å². The predicted molar refractivity (Wildman–Crippen MR) is 125 cm³/mol. The summed E-state index contributed by atoms with van der Waals surface area (Å²) in [5, 5.41) is 12.4. The van der Waals surface area contributed by atoms with Crippen molar-refractivity contribution < 1.29 is 22.3 Å². The molecule has 0 heterocycles. The molecular weight excluding hydrogens is 459 g/mol. The van der Waals surface area contributed by atoms with Crippen molar-refractivity contribution in [1.29, 1.82) is 5.26 Å². The summed E-state index contributed by atoms with van der Waals surface area (Å²) in [4.78, 5) is 12.5. The number of hydrogen-bond acceptors (Lipinski definition) is 6. The van der Waals surface area contributed by atoms with Gasteiger partial charge in [-0.25, -0.2) is 18.2 Å². The number of benzene rings is 3. The van der Waals surface area contributed by atoms with E-state index in [1.54, 1.807) is 36.4 Å². The number of amides is 1. The fraction of sp³-hybridized carbons (Fsp3) is 0.125. The number of nitriles is 1. The average Bonchev–Trinajstić information content (AvgIpc) is 2.83. The minimum atomic E-state index is -4.11. The molecule has 0 fully saturated rings. The molecule has 34 heavy (non-hydrogen) atoms. The van der Waals surface area contributed by atoms with E-state index < -0.39 is 28.3 Å². The fourth-order valence-electron chi connectivity index (χ4n) is 2.87. The Bertz CT molecular complexity index is 1300. The van der Waals surface area contributed by atoms with Gasteiger partial charge in [0.15, 0.2) is 6.61 Å². The zero-order valence-corrected chi connectivity index (χ0v) is 19.0. The van der Waals surface area contributed by atoms with E-state index in [0.717, 1.165) is 22.0 Å². The highest BCUT2D eigenvalue weighted by molar-refractivity contribution is 7.92. The Hall–Kier alpha value is -4.23. The Morgan fingerprint density at radius 3 is 2.35 bits per heavy atom. The van der Waals surface area contributed by atoms with Crippen molar-refractivity contribution in [2.24, 2.45) is 5.10 Å². The van der Waals surface area contributed by atoms with Crippen molar-refractivity contribution in [2.75, 3.05) is 17.5 Å². The Labute approximate surface area is 197 Å². The minimum Gasteiger partial charge on any atom is -0.479 e. The summed E-state index contributed by atoms with van der Waals surface area (Å²) in [7, 11) is -4.11. The molecule has 0 aliphatic rings. The molecule has 0 aliphatic heterocycles. The molecule has 0 saturated carbocycles. The molecule has 0 aromatic heterocycles. The largest absolute Gasteiger partial charge is 0.479 e. The molecule has 0 radical (unpaired) electrons. The first kappa shape index (κ1) is 24.4. The first-order valence-electron chi connectivity index (χ1n) is 10.1. The molecule has 8 nitrogen and oxygen atoms in total. The van der Waals surface area contributed by atoms with Gasteiger partial charge >= 0.3 is 0 Å². The van der Waals surface area contributed by atoms with Crippen LogP contribution in [-0.2, 0) is 14.8 Å². The lowest BCUT2D eigenvalue weighted by atomic mass is 10.2. The van der Waals surface area contributed by atoms with E-state index in [-0.39, 0.29) is 17.2 Å². The molecule has 174 valence electrons. The maximum absolute atomic E-state index is 13.4. The standard InChI is InChI=1S/C24H21FN4O4S/c1-18-2-12-23(13-3-18)34(31,32)29(21-8-6-20(25)7-9-21)17-24(30)28-27-16-19-4-10-22(11-5-19)33-15-14-26/h2-13,16H,15,17H2,1H3,(H,28,30)/b27-16+. The minimum absolute atomic E-state index is 0.00238. The molecule has 3 aromatic carbocycles. The summed E-state index contributed by atoms with van der Waals surface area (Å²) in [6.07, 6.45) is 1.38. The summed E-state index contributed by atoms with van der Waals surface area (Å²) in [6, 6.07) is 19.5. The number of sulfonamides is 1. The summed E-state index contributed by atoms with van der Waals surface area (Å²) in [5.74, 6) is -0.709. The highest BCUT2D eigenvalue weighted by Gasteiger charge is 2.27. The Morgan fingerprint density at radius 2 is 1.74 bits per heavy atom. The number of aryl methyl sites for hydroxylation is 1. The third kappa shape index (κ3) is 6.40. The van der Waals surface area contributed by atoms with E-state index in [9.17, 15) is 17.6 Å². The third-order valence-corrected chi connectivity index (χ3v) is 6.39. The number of anilines is 1. The highest BCUT2D eigenvalue weighted by Crippen LogP contribution is 2.24. The van der Waals surface area contributed by atoms with Crippen LogP contribution >= 0.6 is 0 Å². The normalized spacial score (nSPS) is 11.1. The molecule has 0 aliphatic carbocycles. The van der Waals surface area contributed by atoms with Gasteiger partial charge in [-0.05, 0) is 73.2 Å². The molecule has 0 unspecified atom stereocenters. The molecule has 0 bridgehead atoms.